The lowest BCUT2D eigenvalue weighted by molar-refractivity contribution is -0.133. The lowest BCUT2D eigenvalue weighted by atomic mass is 10.0. The Morgan fingerprint density at radius 3 is 2.26 bits per heavy atom. The molecule has 0 bridgehead atoms. The highest BCUT2D eigenvalue weighted by Crippen LogP contribution is 2.22. The van der Waals surface area contributed by atoms with E-state index in [4.69, 9.17) is 5.21 Å². The van der Waals surface area contributed by atoms with Crippen LogP contribution in [0, 0.1) is 0 Å². The number of hydroxylamine groups is 1. The van der Waals surface area contributed by atoms with Gasteiger partial charge in [0.2, 0.25) is 5.91 Å². The van der Waals surface area contributed by atoms with E-state index in [9.17, 15) is 19.5 Å². The molecule has 2 aromatic rings. The van der Waals surface area contributed by atoms with Gasteiger partial charge in [0.1, 0.15) is 6.04 Å². The zero-order valence-corrected chi connectivity index (χ0v) is 19.0. The molecular formula is C24H31N5O5. The average molecular weight is 470 g/mol. The molecule has 182 valence electrons. The summed E-state index contributed by atoms with van der Waals surface area (Å²) in [6.45, 7) is 3.49. The predicted octanol–water partition coefficient (Wildman–Crippen LogP) is 0.618. The molecule has 1 unspecified atom stereocenters. The van der Waals surface area contributed by atoms with Crippen molar-refractivity contribution >= 4 is 23.4 Å². The number of aliphatic hydroxyl groups excluding tert-OH is 1. The SMILES string of the molecule is C[C@@H](O)[C@H](NC(=O)c1ccc(-c2ccc(NC(=O)CNC3CCCNC3)cc2)cc1)C(=O)NO. The van der Waals surface area contributed by atoms with E-state index in [1.807, 2.05) is 24.3 Å². The molecule has 34 heavy (non-hydrogen) atoms. The molecule has 1 aliphatic heterocycles. The Kier molecular flexibility index (Phi) is 9.11. The Balaban J connectivity index is 1.54. The van der Waals surface area contributed by atoms with Gasteiger partial charge < -0.3 is 26.4 Å². The summed E-state index contributed by atoms with van der Waals surface area (Å²) < 4.78 is 0. The van der Waals surface area contributed by atoms with Crippen molar-refractivity contribution in [3.05, 3.63) is 54.1 Å². The first-order chi connectivity index (χ1) is 16.4. The van der Waals surface area contributed by atoms with Crippen LogP contribution in [0.4, 0.5) is 5.69 Å². The van der Waals surface area contributed by atoms with Gasteiger partial charge in [-0.3, -0.25) is 19.6 Å². The van der Waals surface area contributed by atoms with Crippen molar-refractivity contribution in [3.63, 3.8) is 0 Å². The molecular weight excluding hydrogens is 438 g/mol. The van der Waals surface area contributed by atoms with Gasteiger partial charge in [0.25, 0.3) is 11.8 Å². The predicted molar refractivity (Wildman–Crippen MR) is 127 cm³/mol. The number of carbonyl (C=O) groups is 3. The second kappa shape index (κ2) is 12.2. The molecule has 0 aliphatic carbocycles. The van der Waals surface area contributed by atoms with Gasteiger partial charge in [-0.05, 0) is 61.7 Å². The van der Waals surface area contributed by atoms with Crippen molar-refractivity contribution < 1.29 is 24.7 Å². The Hall–Kier alpha value is -3.31. The highest BCUT2D eigenvalue weighted by Gasteiger charge is 2.25. The fraction of sp³-hybridized carbons (Fsp3) is 0.375. The summed E-state index contributed by atoms with van der Waals surface area (Å²) in [5.74, 6) is -1.57. The second-order valence-electron chi connectivity index (χ2n) is 8.29. The van der Waals surface area contributed by atoms with Gasteiger partial charge >= 0.3 is 0 Å². The van der Waals surface area contributed by atoms with Crippen LogP contribution in [-0.4, -0.2) is 65.9 Å². The van der Waals surface area contributed by atoms with Gasteiger partial charge in [0.15, 0.2) is 0 Å². The molecule has 1 aliphatic rings. The molecule has 1 saturated heterocycles. The first-order valence-electron chi connectivity index (χ1n) is 11.2. The maximum atomic E-state index is 12.4. The standard InChI is InChI=1S/C24H31N5O5/c1-15(30)22(24(33)29-34)28-23(32)18-6-4-16(5-7-18)17-8-10-19(11-9-17)27-21(31)14-26-20-3-2-12-25-13-20/h4-11,15,20,22,25-26,30,34H,2-3,12-14H2,1H3,(H,27,31)(H,28,32)(H,29,33)/t15-,20?,22+/m1/s1. The molecule has 3 amide bonds. The number of piperidine rings is 1. The highest BCUT2D eigenvalue weighted by atomic mass is 16.5. The molecule has 3 atom stereocenters. The molecule has 10 heteroatoms. The van der Waals surface area contributed by atoms with E-state index in [1.165, 1.54) is 12.4 Å². The van der Waals surface area contributed by atoms with Crippen LogP contribution in [0.1, 0.15) is 30.1 Å². The Bertz CT molecular complexity index is 972. The number of nitrogens with one attached hydrogen (secondary N) is 5. The molecule has 0 radical (unpaired) electrons. The van der Waals surface area contributed by atoms with Crippen LogP contribution >= 0.6 is 0 Å². The van der Waals surface area contributed by atoms with Crippen LogP contribution < -0.4 is 26.7 Å². The number of aliphatic hydroxyl groups is 1. The Morgan fingerprint density at radius 2 is 1.71 bits per heavy atom. The van der Waals surface area contributed by atoms with E-state index >= 15 is 0 Å². The molecule has 7 N–H and O–H groups in total. The smallest absolute Gasteiger partial charge is 0.268 e. The molecule has 0 aromatic heterocycles. The van der Waals surface area contributed by atoms with Crippen LogP contribution in [0.25, 0.3) is 11.1 Å². The molecule has 3 rings (SSSR count). The minimum atomic E-state index is -1.28. The average Bonchev–Trinajstić information content (AvgIpc) is 2.86. The highest BCUT2D eigenvalue weighted by molar-refractivity contribution is 5.98. The van der Waals surface area contributed by atoms with E-state index in [0.717, 1.165) is 37.1 Å². The molecule has 1 heterocycles. The quantitative estimate of drug-likeness (QED) is 0.210. The molecule has 0 spiro atoms. The molecule has 2 aromatic carbocycles. The van der Waals surface area contributed by atoms with Gasteiger partial charge in [0, 0.05) is 23.8 Å². The van der Waals surface area contributed by atoms with E-state index in [0.29, 0.717) is 17.3 Å². The third-order valence-corrected chi connectivity index (χ3v) is 5.66. The van der Waals surface area contributed by atoms with Gasteiger partial charge in [-0.1, -0.05) is 24.3 Å². The van der Waals surface area contributed by atoms with Gasteiger partial charge in [-0.2, -0.15) is 0 Å². The first kappa shape index (κ1) is 25.3. The maximum absolute atomic E-state index is 12.4. The summed E-state index contributed by atoms with van der Waals surface area (Å²) in [5.41, 5.74) is 4.18. The number of carbonyl (C=O) groups excluding carboxylic acids is 3. The summed E-state index contributed by atoms with van der Waals surface area (Å²) >= 11 is 0. The van der Waals surface area contributed by atoms with Crippen LogP contribution in [0.3, 0.4) is 0 Å². The van der Waals surface area contributed by atoms with E-state index in [1.54, 1.807) is 24.3 Å². The molecule has 10 nitrogen and oxygen atoms in total. The largest absolute Gasteiger partial charge is 0.391 e. The van der Waals surface area contributed by atoms with Gasteiger partial charge in [-0.25, -0.2) is 5.48 Å². The number of benzene rings is 2. The monoisotopic (exact) mass is 469 g/mol. The fourth-order valence-electron chi connectivity index (χ4n) is 3.73. The minimum Gasteiger partial charge on any atom is -0.391 e. The van der Waals surface area contributed by atoms with E-state index in [2.05, 4.69) is 21.3 Å². The number of hydrogen-bond donors (Lipinski definition) is 7. The Morgan fingerprint density at radius 1 is 1.06 bits per heavy atom. The summed E-state index contributed by atoms with van der Waals surface area (Å²) in [6.07, 6.45) is 0.985. The van der Waals surface area contributed by atoms with Gasteiger partial charge in [-0.15, -0.1) is 0 Å². The third-order valence-electron chi connectivity index (χ3n) is 5.66. The summed E-state index contributed by atoms with van der Waals surface area (Å²) in [7, 11) is 0. The van der Waals surface area contributed by atoms with Crippen molar-refractivity contribution in [2.75, 3.05) is 25.0 Å². The van der Waals surface area contributed by atoms with Crippen LogP contribution in [-0.2, 0) is 9.59 Å². The molecule has 0 saturated carbocycles. The number of amides is 3. The summed E-state index contributed by atoms with van der Waals surface area (Å²) in [6, 6.07) is 13.1. The second-order valence-corrected chi connectivity index (χ2v) is 8.29. The van der Waals surface area contributed by atoms with Crippen molar-refractivity contribution in [2.45, 2.75) is 38.0 Å². The third kappa shape index (κ3) is 7.09. The topological polar surface area (TPSA) is 152 Å². The van der Waals surface area contributed by atoms with Crippen molar-refractivity contribution in [1.29, 1.82) is 0 Å². The normalized spacial score (nSPS) is 17.3. The lowest BCUT2D eigenvalue weighted by Gasteiger charge is -2.23. The minimum absolute atomic E-state index is 0.0981. The first-order valence-corrected chi connectivity index (χ1v) is 11.2. The van der Waals surface area contributed by atoms with Crippen LogP contribution in [0.15, 0.2) is 48.5 Å². The maximum Gasteiger partial charge on any atom is 0.268 e. The fourth-order valence-corrected chi connectivity index (χ4v) is 3.73. The van der Waals surface area contributed by atoms with E-state index < -0.39 is 24.0 Å². The number of hydrogen-bond acceptors (Lipinski definition) is 7. The lowest BCUT2D eigenvalue weighted by Crippen LogP contribution is -2.51. The van der Waals surface area contributed by atoms with Crippen LogP contribution in [0.5, 0.6) is 0 Å². The van der Waals surface area contributed by atoms with Crippen LogP contribution in [0.2, 0.25) is 0 Å². The Labute approximate surface area is 198 Å². The van der Waals surface area contributed by atoms with Crippen molar-refractivity contribution in [3.8, 4) is 11.1 Å². The molecule has 1 fully saturated rings. The van der Waals surface area contributed by atoms with Crippen molar-refractivity contribution in [2.24, 2.45) is 0 Å². The zero-order chi connectivity index (χ0) is 24.5. The summed E-state index contributed by atoms with van der Waals surface area (Å²) in [5, 5.41) is 30.2. The van der Waals surface area contributed by atoms with Crippen molar-refractivity contribution in [1.82, 2.24) is 21.4 Å². The van der Waals surface area contributed by atoms with E-state index in [-0.39, 0.29) is 12.5 Å². The number of rotatable bonds is 9. The number of anilines is 1. The summed E-state index contributed by atoms with van der Waals surface area (Å²) in [4.78, 5) is 36.2. The zero-order valence-electron chi connectivity index (χ0n) is 19.0. The van der Waals surface area contributed by atoms with Gasteiger partial charge in [0.05, 0.1) is 12.6 Å².